The lowest BCUT2D eigenvalue weighted by Gasteiger charge is -2.41. The third-order valence-electron chi connectivity index (χ3n) is 6.54. The molecule has 32 heavy (non-hydrogen) atoms. The number of amides is 3. The van der Waals surface area contributed by atoms with Gasteiger partial charge in [-0.05, 0) is 31.9 Å². The van der Waals surface area contributed by atoms with E-state index in [0.29, 0.717) is 10.7 Å². The van der Waals surface area contributed by atoms with Crippen molar-refractivity contribution in [1.82, 2.24) is 20.0 Å². The second-order valence-corrected chi connectivity index (χ2v) is 9.21. The highest BCUT2D eigenvalue weighted by Gasteiger charge is 2.46. The first-order valence-corrected chi connectivity index (χ1v) is 11.4. The van der Waals surface area contributed by atoms with E-state index in [1.807, 2.05) is 0 Å². The molecule has 4 rings (SSSR count). The molecule has 170 valence electrons. The number of anilines is 1. The largest absolute Gasteiger partial charge is 0.351 e. The molecular weight excluding hydrogens is 430 g/mol. The second kappa shape index (κ2) is 8.94. The molecule has 2 aromatic rings. The van der Waals surface area contributed by atoms with Gasteiger partial charge in [-0.15, -0.1) is 0 Å². The summed E-state index contributed by atoms with van der Waals surface area (Å²) in [5.41, 5.74) is -0.272. The minimum absolute atomic E-state index is 0.0927. The van der Waals surface area contributed by atoms with Gasteiger partial charge in [0.15, 0.2) is 5.69 Å². The molecular formula is C23H28ClN5O3. The number of para-hydroxylation sites is 1. The highest BCUT2D eigenvalue weighted by molar-refractivity contribution is 6.33. The summed E-state index contributed by atoms with van der Waals surface area (Å²) in [5, 5.41) is 10.6. The Morgan fingerprint density at radius 1 is 1.16 bits per heavy atom. The fraction of sp³-hybridized carbons (Fsp3) is 0.478. The zero-order valence-electron chi connectivity index (χ0n) is 18.4. The fourth-order valence-electron chi connectivity index (χ4n) is 4.35. The number of hydrogen-bond donors (Lipinski definition) is 2. The molecule has 8 nitrogen and oxygen atoms in total. The molecule has 1 atom stereocenters. The maximum atomic E-state index is 13.2. The van der Waals surface area contributed by atoms with Gasteiger partial charge in [-0.25, -0.2) is 0 Å². The number of rotatable bonds is 4. The van der Waals surface area contributed by atoms with Crippen LogP contribution < -0.4 is 10.6 Å². The van der Waals surface area contributed by atoms with Crippen molar-refractivity contribution < 1.29 is 14.4 Å². The highest BCUT2D eigenvalue weighted by atomic mass is 35.5. The topological polar surface area (TPSA) is 96.3 Å². The molecule has 0 spiro atoms. The monoisotopic (exact) mass is 457 g/mol. The van der Waals surface area contributed by atoms with Gasteiger partial charge in [0.2, 0.25) is 5.91 Å². The van der Waals surface area contributed by atoms with Gasteiger partial charge in [-0.2, -0.15) is 5.10 Å². The molecule has 2 heterocycles. The number of nitrogens with one attached hydrogen (secondary N) is 2. The molecule has 2 N–H and O–H groups in total. The van der Waals surface area contributed by atoms with Crippen LogP contribution in [0.3, 0.4) is 0 Å². The van der Waals surface area contributed by atoms with Crippen LogP contribution in [0.2, 0.25) is 5.02 Å². The van der Waals surface area contributed by atoms with Crippen molar-refractivity contribution in [2.45, 2.75) is 63.6 Å². The third-order valence-corrected chi connectivity index (χ3v) is 6.87. The van der Waals surface area contributed by atoms with Gasteiger partial charge in [-0.3, -0.25) is 19.1 Å². The van der Waals surface area contributed by atoms with Crippen molar-refractivity contribution in [1.29, 1.82) is 0 Å². The number of carbonyl (C=O) groups excluding carboxylic acids is 3. The summed E-state index contributed by atoms with van der Waals surface area (Å²) >= 11 is 6.12. The molecule has 1 saturated carbocycles. The van der Waals surface area contributed by atoms with E-state index in [1.54, 1.807) is 38.2 Å². The number of benzene rings is 1. The number of halogens is 1. The number of aromatic nitrogens is 2. The minimum Gasteiger partial charge on any atom is -0.351 e. The number of hydrogen-bond acceptors (Lipinski definition) is 4. The average Bonchev–Trinajstić information content (AvgIpc) is 3.02. The quantitative estimate of drug-likeness (QED) is 0.687. The smallest absolute Gasteiger partial charge is 0.276 e. The normalized spacial score (nSPS) is 21.6. The molecule has 0 unspecified atom stereocenters. The first-order valence-electron chi connectivity index (χ1n) is 11.0. The van der Waals surface area contributed by atoms with Gasteiger partial charge in [-0.1, -0.05) is 49.4 Å². The maximum absolute atomic E-state index is 13.2. The predicted molar refractivity (Wildman–Crippen MR) is 122 cm³/mol. The lowest BCUT2D eigenvalue weighted by atomic mass is 9.95. The number of likely N-dealkylation sites (N-methyl/N-ethyl adjacent to an activating group) is 1. The van der Waals surface area contributed by atoms with E-state index in [1.165, 1.54) is 28.5 Å². The lowest BCUT2D eigenvalue weighted by Crippen LogP contribution is -2.63. The van der Waals surface area contributed by atoms with Crippen LogP contribution in [0.1, 0.15) is 66.4 Å². The van der Waals surface area contributed by atoms with Crippen molar-refractivity contribution in [3.63, 3.8) is 0 Å². The molecule has 3 amide bonds. The molecule has 1 aromatic heterocycles. The molecule has 1 fully saturated rings. The van der Waals surface area contributed by atoms with E-state index in [2.05, 4.69) is 15.7 Å². The van der Waals surface area contributed by atoms with Crippen molar-refractivity contribution >= 4 is 35.0 Å². The van der Waals surface area contributed by atoms with Gasteiger partial charge in [0.25, 0.3) is 11.8 Å². The Bertz CT molecular complexity index is 1040. The third kappa shape index (κ3) is 4.24. The summed E-state index contributed by atoms with van der Waals surface area (Å²) in [6, 6.07) is 8.46. The van der Waals surface area contributed by atoms with Gasteiger partial charge in [0.05, 0.1) is 17.3 Å². The lowest BCUT2D eigenvalue weighted by molar-refractivity contribution is -0.133. The van der Waals surface area contributed by atoms with Crippen molar-refractivity contribution in [2.75, 3.05) is 12.4 Å². The first-order chi connectivity index (χ1) is 15.3. The second-order valence-electron chi connectivity index (χ2n) is 8.81. The summed E-state index contributed by atoms with van der Waals surface area (Å²) in [6.45, 7) is 1.91. The summed E-state index contributed by atoms with van der Waals surface area (Å²) in [6.07, 6.45) is 6.50. The van der Waals surface area contributed by atoms with Crippen LogP contribution in [0.5, 0.6) is 0 Å². The molecule has 9 heteroatoms. The van der Waals surface area contributed by atoms with E-state index in [-0.39, 0.29) is 35.8 Å². The molecule has 0 bridgehead atoms. The fourth-order valence-corrected chi connectivity index (χ4v) is 4.53. The summed E-state index contributed by atoms with van der Waals surface area (Å²) in [4.78, 5) is 40.5. The van der Waals surface area contributed by atoms with Gasteiger partial charge in [0, 0.05) is 19.2 Å². The van der Waals surface area contributed by atoms with E-state index in [4.69, 9.17) is 11.6 Å². The highest BCUT2D eigenvalue weighted by Crippen LogP contribution is 2.28. The number of nitrogens with zero attached hydrogens (tertiary/aromatic N) is 3. The molecule has 2 aliphatic rings. The van der Waals surface area contributed by atoms with E-state index in [0.717, 1.165) is 25.7 Å². The molecule has 0 saturated heterocycles. The Morgan fingerprint density at radius 2 is 1.84 bits per heavy atom. The molecule has 1 aromatic carbocycles. The number of carbonyl (C=O) groups is 3. The minimum atomic E-state index is -1.10. The maximum Gasteiger partial charge on any atom is 0.276 e. The van der Waals surface area contributed by atoms with Crippen LogP contribution in [-0.2, 0) is 11.3 Å². The number of fused-ring (bicyclic) bond motifs is 1. The Morgan fingerprint density at radius 3 is 2.53 bits per heavy atom. The van der Waals surface area contributed by atoms with E-state index in [9.17, 15) is 14.4 Å². The van der Waals surface area contributed by atoms with Crippen molar-refractivity contribution in [2.24, 2.45) is 0 Å². The Labute approximate surface area is 192 Å². The van der Waals surface area contributed by atoms with Gasteiger partial charge in [0.1, 0.15) is 11.2 Å². The van der Waals surface area contributed by atoms with Crippen molar-refractivity contribution in [3.8, 4) is 0 Å². The van der Waals surface area contributed by atoms with Crippen LogP contribution in [-0.4, -0.2) is 51.0 Å². The van der Waals surface area contributed by atoms with Crippen LogP contribution in [0.15, 0.2) is 30.3 Å². The summed E-state index contributed by atoms with van der Waals surface area (Å²) in [5.74, 6) is -1.01. The summed E-state index contributed by atoms with van der Waals surface area (Å²) in [7, 11) is 1.62. The van der Waals surface area contributed by atoms with Crippen LogP contribution in [0.25, 0.3) is 0 Å². The standard InChI is InChI=1S/C23H28ClN5O3/c1-23(22(32)25-15-9-5-3-4-6-10-15)14-29-19(21(31)28(23)2)13-18(27-29)20(30)26-17-12-8-7-11-16(17)24/h7-8,11-13,15H,3-6,9-10,14H2,1-2H3,(H,25,32)(H,26,30)/t23-/m0/s1. The molecule has 1 aliphatic heterocycles. The Kier molecular flexibility index (Phi) is 6.24. The van der Waals surface area contributed by atoms with Crippen LogP contribution in [0.4, 0.5) is 5.69 Å². The van der Waals surface area contributed by atoms with Crippen molar-refractivity contribution in [3.05, 3.63) is 46.7 Å². The zero-order chi connectivity index (χ0) is 22.9. The SMILES string of the molecule is CN1C(=O)c2cc(C(=O)Nc3ccccc3Cl)nn2C[C@@]1(C)C(=O)NC1CCCCCC1. The predicted octanol–water partition coefficient (Wildman–Crippen LogP) is 3.47. The van der Waals surface area contributed by atoms with Gasteiger partial charge >= 0.3 is 0 Å². The average molecular weight is 458 g/mol. The van der Waals surface area contributed by atoms with Gasteiger partial charge < -0.3 is 15.5 Å². The molecule has 0 radical (unpaired) electrons. The molecule has 1 aliphatic carbocycles. The van der Waals surface area contributed by atoms with Crippen LogP contribution in [0, 0.1) is 0 Å². The van der Waals surface area contributed by atoms with E-state index < -0.39 is 11.4 Å². The first kappa shape index (κ1) is 22.3. The summed E-state index contributed by atoms with van der Waals surface area (Å²) < 4.78 is 1.45. The van der Waals surface area contributed by atoms with E-state index >= 15 is 0 Å². The Hall–Kier alpha value is -2.87. The Balaban J connectivity index is 1.53. The zero-order valence-corrected chi connectivity index (χ0v) is 19.1. The van der Waals surface area contributed by atoms with Crippen LogP contribution >= 0.6 is 11.6 Å².